The van der Waals surface area contributed by atoms with Gasteiger partial charge in [-0.1, -0.05) is 37.3 Å². The van der Waals surface area contributed by atoms with E-state index in [1.54, 1.807) is 7.11 Å². The quantitative estimate of drug-likeness (QED) is 0.925. The molecule has 2 aromatic carbocycles. The number of benzene rings is 2. The van der Waals surface area contributed by atoms with Crippen LogP contribution in [0.15, 0.2) is 48.5 Å². The Labute approximate surface area is 149 Å². The summed E-state index contributed by atoms with van der Waals surface area (Å²) in [7, 11) is 1.69. The van der Waals surface area contributed by atoms with Crippen LogP contribution < -0.4 is 15.0 Å². The van der Waals surface area contributed by atoms with E-state index in [4.69, 9.17) is 4.74 Å². The summed E-state index contributed by atoms with van der Waals surface area (Å²) in [6.07, 6.45) is 0.901. The first-order valence-corrected chi connectivity index (χ1v) is 8.74. The van der Waals surface area contributed by atoms with Gasteiger partial charge in [0, 0.05) is 31.9 Å². The number of aryl methyl sites for hydroxylation is 1. The van der Waals surface area contributed by atoms with Crippen molar-refractivity contribution in [3.05, 3.63) is 54.1 Å². The summed E-state index contributed by atoms with van der Waals surface area (Å²) in [6, 6.07) is 15.9. The second-order valence-electron chi connectivity index (χ2n) is 6.09. The minimum absolute atomic E-state index is 0.0272. The fourth-order valence-corrected chi connectivity index (χ4v) is 3.19. The average Bonchev–Trinajstić information content (AvgIpc) is 2.68. The molecule has 0 aromatic heterocycles. The zero-order valence-corrected chi connectivity index (χ0v) is 14.9. The molecule has 0 saturated carbocycles. The first-order valence-electron chi connectivity index (χ1n) is 8.74. The zero-order valence-electron chi connectivity index (χ0n) is 14.9. The number of carbonyl (C=O) groups excluding carboxylic acids is 1. The standard InChI is InChI=1S/C20H25N3O2/c1-3-16-8-4-5-9-17(16)21-20(24)23-14-12-22(13-15-23)18-10-6-7-11-19(18)25-2/h4-11H,3,12-15H2,1-2H3,(H,21,24). The molecular formula is C20H25N3O2. The summed E-state index contributed by atoms with van der Waals surface area (Å²) in [5.74, 6) is 0.872. The molecule has 25 heavy (non-hydrogen) atoms. The van der Waals surface area contributed by atoms with E-state index in [1.165, 1.54) is 0 Å². The molecule has 5 heteroatoms. The van der Waals surface area contributed by atoms with Gasteiger partial charge in [-0.25, -0.2) is 4.79 Å². The smallest absolute Gasteiger partial charge is 0.321 e. The van der Waals surface area contributed by atoms with Crippen molar-refractivity contribution in [1.82, 2.24) is 4.90 Å². The molecule has 132 valence electrons. The topological polar surface area (TPSA) is 44.8 Å². The Balaban J connectivity index is 1.61. The van der Waals surface area contributed by atoms with Crippen molar-refractivity contribution in [3.63, 3.8) is 0 Å². The van der Waals surface area contributed by atoms with Crippen molar-refractivity contribution in [3.8, 4) is 5.75 Å². The lowest BCUT2D eigenvalue weighted by molar-refractivity contribution is 0.208. The first-order chi connectivity index (χ1) is 12.2. The lowest BCUT2D eigenvalue weighted by Crippen LogP contribution is -2.50. The number of urea groups is 1. The van der Waals surface area contributed by atoms with Gasteiger partial charge in [-0.05, 0) is 30.2 Å². The van der Waals surface area contributed by atoms with Gasteiger partial charge >= 0.3 is 6.03 Å². The summed E-state index contributed by atoms with van der Waals surface area (Å²) in [6.45, 7) is 5.07. The minimum atomic E-state index is -0.0272. The Hall–Kier alpha value is -2.69. The van der Waals surface area contributed by atoms with Crippen LogP contribution >= 0.6 is 0 Å². The van der Waals surface area contributed by atoms with Crippen LogP contribution in [0.4, 0.5) is 16.2 Å². The number of para-hydroxylation sites is 3. The molecule has 1 fully saturated rings. The van der Waals surface area contributed by atoms with Gasteiger partial charge in [-0.15, -0.1) is 0 Å². The lowest BCUT2D eigenvalue weighted by Gasteiger charge is -2.36. The Kier molecular flexibility index (Phi) is 5.43. The van der Waals surface area contributed by atoms with Crippen LogP contribution in [-0.2, 0) is 6.42 Å². The number of methoxy groups -OCH3 is 1. The summed E-state index contributed by atoms with van der Waals surface area (Å²) in [5.41, 5.74) is 3.15. The number of hydrogen-bond acceptors (Lipinski definition) is 3. The number of amides is 2. The van der Waals surface area contributed by atoms with Gasteiger partial charge in [0.05, 0.1) is 12.8 Å². The fraction of sp³-hybridized carbons (Fsp3) is 0.350. The van der Waals surface area contributed by atoms with E-state index >= 15 is 0 Å². The van der Waals surface area contributed by atoms with Crippen LogP contribution in [0.3, 0.4) is 0 Å². The number of ether oxygens (including phenoxy) is 1. The number of piperazine rings is 1. The highest BCUT2D eigenvalue weighted by molar-refractivity contribution is 5.90. The van der Waals surface area contributed by atoms with E-state index in [9.17, 15) is 4.79 Å². The van der Waals surface area contributed by atoms with Gasteiger partial charge in [0.15, 0.2) is 0 Å². The third kappa shape index (κ3) is 3.87. The van der Waals surface area contributed by atoms with Gasteiger partial charge in [-0.2, -0.15) is 0 Å². The molecule has 2 aromatic rings. The van der Waals surface area contributed by atoms with E-state index in [2.05, 4.69) is 29.3 Å². The number of nitrogens with zero attached hydrogens (tertiary/aromatic N) is 2. The van der Waals surface area contributed by atoms with Crippen LogP contribution in [0.25, 0.3) is 0 Å². The van der Waals surface area contributed by atoms with Gasteiger partial charge < -0.3 is 19.9 Å². The molecule has 3 rings (SSSR count). The van der Waals surface area contributed by atoms with Crippen molar-refractivity contribution in [1.29, 1.82) is 0 Å². The molecule has 0 aliphatic carbocycles. The number of anilines is 2. The fourth-order valence-electron chi connectivity index (χ4n) is 3.19. The molecule has 1 heterocycles. The second kappa shape index (κ2) is 7.92. The molecule has 2 amide bonds. The Morgan fingerprint density at radius 3 is 2.44 bits per heavy atom. The summed E-state index contributed by atoms with van der Waals surface area (Å²) >= 11 is 0. The maximum atomic E-state index is 12.6. The molecule has 1 saturated heterocycles. The third-order valence-corrected chi connectivity index (χ3v) is 4.63. The molecular weight excluding hydrogens is 314 g/mol. The van der Waals surface area contributed by atoms with Crippen LogP contribution in [-0.4, -0.2) is 44.2 Å². The third-order valence-electron chi connectivity index (χ3n) is 4.63. The van der Waals surface area contributed by atoms with Crippen molar-refractivity contribution in [2.75, 3.05) is 43.5 Å². The van der Waals surface area contributed by atoms with E-state index in [0.29, 0.717) is 13.1 Å². The highest BCUT2D eigenvalue weighted by atomic mass is 16.5. The van der Waals surface area contributed by atoms with E-state index in [0.717, 1.165) is 42.2 Å². The van der Waals surface area contributed by atoms with Crippen LogP contribution in [0.1, 0.15) is 12.5 Å². The number of carbonyl (C=O) groups is 1. The van der Waals surface area contributed by atoms with Crippen molar-refractivity contribution in [2.24, 2.45) is 0 Å². The van der Waals surface area contributed by atoms with Crippen LogP contribution in [0.5, 0.6) is 5.75 Å². The van der Waals surface area contributed by atoms with Crippen molar-refractivity contribution >= 4 is 17.4 Å². The Morgan fingerprint density at radius 2 is 1.72 bits per heavy atom. The van der Waals surface area contributed by atoms with Crippen LogP contribution in [0, 0.1) is 0 Å². The highest BCUT2D eigenvalue weighted by Crippen LogP contribution is 2.28. The summed E-state index contributed by atoms with van der Waals surface area (Å²) in [4.78, 5) is 16.7. The second-order valence-corrected chi connectivity index (χ2v) is 6.09. The molecule has 0 radical (unpaired) electrons. The van der Waals surface area contributed by atoms with Gasteiger partial charge in [0.25, 0.3) is 0 Å². The normalized spacial score (nSPS) is 14.3. The first kappa shape index (κ1) is 17.1. The molecule has 0 atom stereocenters. The van der Waals surface area contributed by atoms with Gasteiger partial charge in [0.1, 0.15) is 5.75 Å². The zero-order chi connectivity index (χ0) is 17.6. The van der Waals surface area contributed by atoms with Gasteiger partial charge in [-0.3, -0.25) is 0 Å². The molecule has 0 spiro atoms. The maximum Gasteiger partial charge on any atom is 0.321 e. The SMILES string of the molecule is CCc1ccccc1NC(=O)N1CCN(c2ccccc2OC)CC1. The van der Waals surface area contributed by atoms with E-state index in [1.807, 2.05) is 41.3 Å². The van der Waals surface area contributed by atoms with Crippen LogP contribution in [0.2, 0.25) is 0 Å². The predicted octanol–water partition coefficient (Wildman–Crippen LogP) is 3.61. The Morgan fingerprint density at radius 1 is 1.04 bits per heavy atom. The highest BCUT2D eigenvalue weighted by Gasteiger charge is 2.23. The van der Waals surface area contributed by atoms with E-state index < -0.39 is 0 Å². The lowest BCUT2D eigenvalue weighted by atomic mass is 10.1. The molecule has 1 N–H and O–H groups in total. The number of hydrogen-bond donors (Lipinski definition) is 1. The molecule has 0 unspecified atom stereocenters. The number of rotatable bonds is 4. The van der Waals surface area contributed by atoms with Crippen molar-refractivity contribution < 1.29 is 9.53 Å². The molecule has 1 aliphatic heterocycles. The molecule has 0 bridgehead atoms. The van der Waals surface area contributed by atoms with Gasteiger partial charge in [0.2, 0.25) is 0 Å². The largest absolute Gasteiger partial charge is 0.495 e. The summed E-state index contributed by atoms with van der Waals surface area (Å²) < 4.78 is 5.44. The number of nitrogens with one attached hydrogen (secondary N) is 1. The molecule has 5 nitrogen and oxygen atoms in total. The monoisotopic (exact) mass is 339 g/mol. The van der Waals surface area contributed by atoms with Crippen molar-refractivity contribution in [2.45, 2.75) is 13.3 Å². The molecule has 1 aliphatic rings. The van der Waals surface area contributed by atoms with E-state index in [-0.39, 0.29) is 6.03 Å². The maximum absolute atomic E-state index is 12.6. The average molecular weight is 339 g/mol. The Bertz CT molecular complexity index is 724. The minimum Gasteiger partial charge on any atom is -0.495 e. The predicted molar refractivity (Wildman–Crippen MR) is 102 cm³/mol. The summed E-state index contributed by atoms with van der Waals surface area (Å²) in [5, 5.41) is 3.05.